The van der Waals surface area contributed by atoms with Gasteiger partial charge in [0.05, 0.1) is 18.1 Å². The third-order valence-corrected chi connectivity index (χ3v) is 8.15. The summed E-state index contributed by atoms with van der Waals surface area (Å²) in [4.78, 5) is 15.8. The molecule has 8 heteroatoms. The Balaban J connectivity index is 1.55. The molecule has 2 saturated heterocycles. The zero-order valence-electron chi connectivity index (χ0n) is 18.4. The molecule has 2 fully saturated rings. The first kappa shape index (κ1) is 22.9. The quantitative estimate of drug-likeness (QED) is 0.721. The highest BCUT2D eigenvalue weighted by Gasteiger charge is 2.31. The molecule has 7 nitrogen and oxygen atoms in total. The van der Waals surface area contributed by atoms with Crippen molar-refractivity contribution >= 4 is 21.6 Å². The van der Waals surface area contributed by atoms with Gasteiger partial charge in [-0.25, -0.2) is 8.42 Å². The maximum atomic E-state index is 13.4. The number of piperidine rings is 1. The second-order valence-electron chi connectivity index (χ2n) is 8.57. The van der Waals surface area contributed by atoms with Crippen LogP contribution in [0.4, 0.5) is 5.69 Å². The van der Waals surface area contributed by atoms with Crippen LogP contribution in [0.3, 0.4) is 0 Å². The fourth-order valence-electron chi connectivity index (χ4n) is 4.33. The number of hydrogen-bond donors (Lipinski definition) is 1. The normalized spacial score (nSPS) is 20.0. The standard InChI is InChI=1S/C24H31N3O4S/c1-19-10-12-26(13-11-19)23(20-6-3-2-4-7-20)24(28)25-21-8-5-9-22(18-21)32(29,30)27-14-16-31-17-15-27/h2-9,18-19,23H,10-17H2,1H3,(H,25,28)/t23-/m1/s1. The molecule has 0 unspecified atom stereocenters. The van der Waals surface area contributed by atoms with Gasteiger partial charge < -0.3 is 10.1 Å². The van der Waals surface area contributed by atoms with Crippen molar-refractivity contribution in [2.24, 2.45) is 5.92 Å². The first-order valence-electron chi connectivity index (χ1n) is 11.2. The number of rotatable bonds is 6. The topological polar surface area (TPSA) is 79.0 Å². The number of morpholine rings is 1. The van der Waals surface area contributed by atoms with Gasteiger partial charge in [0.25, 0.3) is 0 Å². The van der Waals surface area contributed by atoms with Crippen molar-refractivity contribution in [1.82, 2.24) is 9.21 Å². The Bertz CT molecular complexity index is 1010. The van der Waals surface area contributed by atoms with Crippen LogP contribution in [0.2, 0.25) is 0 Å². The number of amides is 1. The van der Waals surface area contributed by atoms with E-state index in [9.17, 15) is 13.2 Å². The maximum absolute atomic E-state index is 13.4. The van der Waals surface area contributed by atoms with Gasteiger partial charge in [-0.1, -0.05) is 43.3 Å². The molecule has 1 N–H and O–H groups in total. The second-order valence-corrected chi connectivity index (χ2v) is 10.5. The first-order chi connectivity index (χ1) is 15.4. The molecule has 0 saturated carbocycles. The summed E-state index contributed by atoms with van der Waals surface area (Å²) in [6, 6.07) is 15.9. The Morgan fingerprint density at radius 3 is 2.38 bits per heavy atom. The van der Waals surface area contributed by atoms with E-state index in [-0.39, 0.29) is 10.8 Å². The second kappa shape index (κ2) is 10.1. The molecule has 1 atom stereocenters. The number of nitrogens with zero attached hydrogens (tertiary/aromatic N) is 2. The summed E-state index contributed by atoms with van der Waals surface area (Å²) < 4.78 is 32.7. The van der Waals surface area contributed by atoms with Crippen molar-refractivity contribution in [3.8, 4) is 0 Å². The molecule has 2 heterocycles. The van der Waals surface area contributed by atoms with E-state index < -0.39 is 16.1 Å². The predicted molar refractivity (Wildman–Crippen MR) is 124 cm³/mol. The number of benzene rings is 2. The van der Waals surface area contributed by atoms with Gasteiger partial charge in [0, 0.05) is 18.8 Å². The van der Waals surface area contributed by atoms with Crippen LogP contribution >= 0.6 is 0 Å². The van der Waals surface area contributed by atoms with Crippen LogP contribution in [0.5, 0.6) is 0 Å². The van der Waals surface area contributed by atoms with Crippen molar-refractivity contribution in [2.75, 3.05) is 44.7 Å². The van der Waals surface area contributed by atoms with Crippen LogP contribution in [0.25, 0.3) is 0 Å². The van der Waals surface area contributed by atoms with Gasteiger partial charge in [-0.3, -0.25) is 9.69 Å². The van der Waals surface area contributed by atoms with Crippen LogP contribution in [-0.2, 0) is 19.6 Å². The summed E-state index contributed by atoms with van der Waals surface area (Å²) >= 11 is 0. The minimum Gasteiger partial charge on any atom is -0.379 e. The van der Waals surface area contributed by atoms with Crippen molar-refractivity contribution in [3.63, 3.8) is 0 Å². The van der Waals surface area contributed by atoms with E-state index >= 15 is 0 Å². The molecular weight excluding hydrogens is 426 g/mol. The molecule has 0 aromatic heterocycles. The lowest BCUT2D eigenvalue weighted by molar-refractivity contribution is -0.122. The lowest BCUT2D eigenvalue weighted by Gasteiger charge is -2.36. The molecule has 0 bridgehead atoms. The van der Waals surface area contributed by atoms with Gasteiger partial charge in [0.1, 0.15) is 6.04 Å². The summed E-state index contributed by atoms with van der Waals surface area (Å²) in [5, 5.41) is 2.98. The molecule has 2 aliphatic rings. The van der Waals surface area contributed by atoms with Crippen LogP contribution in [0.15, 0.2) is 59.5 Å². The molecule has 0 spiro atoms. The third-order valence-electron chi connectivity index (χ3n) is 6.26. The van der Waals surface area contributed by atoms with E-state index in [0.717, 1.165) is 31.5 Å². The Labute approximate surface area is 190 Å². The van der Waals surface area contributed by atoms with E-state index in [1.807, 2.05) is 30.3 Å². The van der Waals surface area contributed by atoms with Crippen LogP contribution in [-0.4, -0.2) is 62.9 Å². The number of carbonyl (C=O) groups excluding carboxylic acids is 1. The van der Waals surface area contributed by atoms with Crippen LogP contribution in [0, 0.1) is 5.92 Å². The molecule has 2 aliphatic heterocycles. The molecule has 1 amide bonds. The zero-order valence-corrected chi connectivity index (χ0v) is 19.3. The van der Waals surface area contributed by atoms with Crippen molar-refractivity contribution in [1.29, 1.82) is 0 Å². The number of hydrogen-bond acceptors (Lipinski definition) is 5. The molecular formula is C24H31N3O4S. The number of carbonyl (C=O) groups is 1. The zero-order chi connectivity index (χ0) is 22.6. The third kappa shape index (κ3) is 5.20. The average Bonchev–Trinajstić information content (AvgIpc) is 2.82. The molecule has 0 radical (unpaired) electrons. The summed E-state index contributed by atoms with van der Waals surface area (Å²) in [6.45, 7) is 5.42. The molecule has 2 aromatic carbocycles. The minimum absolute atomic E-state index is 0.147. The lowest BCUT2D eigenvalue weighted by Crippen LogP contribution is -2.42. The minimum atomic E-state index is -3.63. The Morgan fingerprint density at radius 2 is 1.69 bits per heavy atom. The highest BCUT2D eigenvalue weighted by atomic mass is 32.2. The van der Waals surface area contributed by atoms with Crippen LogP contribution in [0.1, 0.15) is 31.4 Å². The van der Waals surface area contributed by atoms with Crippen molar-refractivity contribution < 1.29 is 17.9 Å². The Morgan fingerprint density at radius 1 is 1.00 bits per heavy atom. The largest absolute Gasteiger partial charge is 0.379 e. The number of likely N-dealkylation sites (tertiary alicyclic amines) is 1. The van der Waals surface area contributed by atoms with E-state index in [1.54, 1.807) is 24.3 Å². The number of ether oxygens (including phenoxy) is 1. The maximum Gasteiger partial charge on any atom is 0.246 e. The van der Waals surface area contributed by atoms with E-state index in [0.29, 0.717) is 37.9 Å². The van der Waals surface area contributed by atoms with E-state index in [4.69, 9.17) is 4.74 Å². The highest BCUT2D eigenvalue weighted by Crippen LogP contribution is 2.29. The Kier molecular flexibility index (Phi) is 7.25. The highest BCUT2D eigenvalue weighted by molar-refractivity contribution is 7.89. The molecule has 32 heavy (non-hydrogen) atoms. The first-order valence-corrected chi connectivity index (χ1v) is 12.7. The van der Waals surface area contributed by atoms with Gasteiger partial charge in [-0.2, -0.15) is 4.31 Å². The fraction of sp³-hybridized carbons (Fsp3) is 0.458. The van der Waals surface area contributed by atoms with Crippen molar-refractivity contribution in [2.45, 2.75) is 30.7 Å². The van der Waals surface area contributed by atoms with Gasteiger partial charge in [-0.05, 0) is 55.6 Å². The number of anilines is 1. The summed E-state index contributed by atoms with van der Waals surface area (Å²) in [7, 11) is -3.63. The SMILES string of the molecule is CC1CCN([C@@H](C(=O)Nc2cccc(S(=O)(=O)N3CCOCC3)c2)c2ccccc2)CC1. The Hall–Kier alpha value is -2.26. The fourth-order valence-corrected chi connectivity index (χ4v) is 5.79. The monoisotopic (exact) mass is 457 g/mol. The number of sulfonamides is 1. The summed E-state index contributed by atoms with van der Waals surface area (Å²) in [5.74, 6) is 0.513. The summed E-state index contributed by atoms with van der Waals surface area (Å²) in [5.41, 5.74) is 1.42. The lowest BCUT2D eigenvalue weighted by atomic mass is 9.95. The van der Waals surface area contributed by atoms with Crippen molar-refractivity contribution in [3.05, 3.63) is 60.2 Å². The van der Waals surface area contributed by atoms with Crippen LogP contribution < -0.4 is 5.32 Å². The number of nitrogens with one attached hydrogen (secondary N) is 1. The van der Waals surface area contributed by atoms with E-state index in [2.05, 4.69) is 17.1 Å². The van der Waals surface area contributed by atoms with Gasteiger partial charge in [0.2, 0.25) is 15.9 Å². The van der Waals surface area contributed by atoms with Gasteiger partial charge in [-0.15, -0.1) is 0 Å². The smallest absolute Gasteiger partial charge is 0.246 e. The molecule has 4 rings (SSSR count). The van der Waals surface area contributed by atoms with Gasteiger partial charge in [0.15, 0.2) is 0 Å². The van der Waals surface area contributed by atoms with Gasteiger partial charge >= 0.3 is 0 Å². The average molecular weight is 458 g/mol. The molecule has 2 aromatic rings. The predicted octanol–water partition coefficient (Wildman–Crippen LogP) is 3.12. The molecule has 172 valence electrons. The van der Waals surface area contributed by atoms with E-state index in [1.165, 1.54) is 4.31 Å². The summed E-state index contributed by atoms with van der Waals surface area (Å²) in [6.07, 6.45) is 2.12. The molecule has 0 aliphatic carbocycles.